The van der Waals surface area contributed by atoms with Gasteiger partial charge in [0.2, 0.25) is 0 Å². The van der Waals surface area contributed by atoms with Gasteiger partial charge in [-0.25, -0.2) is 0 Å². The van der Waals surface area contributed by atoms with Gasteiger partial charge < -0.3 is 10.2 Å². The van der Waals surface area contributed by atoms with E-state index >= 15 is 0 Å². The van der Waals surface area contributed by atoms with Crippen LogP contribution in [-0.2, 0) is 0 Å². The van der Waals surface area contributed by atoms with Crippen LogP contribution in [0.15, 0.2) is 22.7 Å². The SMILES string of the molecule is CN(C)C1(CNc2cc(Br)ccc2C#N)CCCC1. The monoisotopic (exact) mass is 321 g/mol. The minimum atomic E-state index is 0.231. The molecule has 1 aromatic rings. The van der Waals surface area contributed by atoms with Gasteiger partial charge in [-0.15, -0.1) is 0 Å². The molecular formula is C15H20BrN3. The van der Waals surface area contributed by atoms with Crippen LogP contribution in [0, 0.1) is 11.3 Å². The summed E-state index contributed by atoms with van der Waals surface area (Å²) in [5, 5.41) is 12.6. The van der Waals surface area contributed by atoms with E-state index in [4.69, 9.17) is 5.26 Å². The van der Waals surface area contributed by atoms with E-state index in [1.807, 2.05) is 18.2 Å². The van der Waals surface area contributed by atoms with Crippen molar-refractivity contribution in [1.29, 1.82) is 5.26 Å². The van der Waals surface area contributed by atoms with Crippen molar-refractivity contribution in [1.82, 2.24) is 4.90 Å². The Labute approximate surface area is 123 Å². The maximum absolute atomic E-state index is 9.16. The minimum Gasteiger partial charge on any atom is -0.382 e. The Morgan fingerprint density at radius 3 is 2.63 bits per heavy atom. The predicted molar refractivity (Wildman–Crippen MR) is 82.2 cm³/mol. The Kier molecular flexibility index (Phi) is 4.49. The minimum absolute atomic E-state index is 0.231. The number of nitrogens with one attached hydrogen (secondary N) is 1. The van der Waals surface area contributed by atoms with Crippen molar-refractivity contribution in [2.24, 2.45) is 0 Å². The average molecular weight is 322 g/mol. The van der Waals surface area contributed by atoms with Gasteiger partial charge in [0.1, 0.15) is 6.07 Å². The lowest BCUT2D eigenvalue weighted by atomic mass is 9.95. The molecule has 0 spiro atoms. The van der Waals surface area contributed by atoms with Crippen LogP contribution in [0.3, 0.4) is 0 Å². The Morgan fingerprint density at radius 2 is 2.05 bits per heavy atom. The van der Waals surface area contributed by atoms with Gasteiger partial charge in [0.25, 0.3) is 0 Å². The first kappa shape index (κ1) is 14.4. The largest absolute Gasteiger partial charge is 0.382 e. The second kappa shape index (κ2) is 5.94. The highest BCUT2D eigenvalue weighted by Crippen LogP contribution is 2.34. The highest BCUT2D eigenvalue weighted by molar-refractivity contribution is 9.10. The van der Waals surface area contributed by atoms with Gasteiger partial charge in [0.15, 0.2) is 0 Å². The Hall–Kier alpha value is -1.05. The van der Waals surface area contributed by atoms with E-state index in [-0.39, 0.29) is 5.54 Å². The van der Waals surface area contributed by atoms with Gasteiger partial charge in [-0.05, 0) is 45.1 Å². The van der Waals surface area contributed by atoms with Gasteiger partial charge in [-0.1, -0.05) is 28.8 Å². The fourth-order valence-electron chi connectivity index (χ4n) is 2.84. The summed E-state index contributed by atoms with van der Waals surface area (Å²) in [5.74, 6) is 0. The number of benzene rings is 1. The number of likely N-dealkylation sites (N-methyl/N-ethyl adjacent to an activating group) is 1. The van der Waals surface area contributed by atoms with E-state index in [1.165, 1.54) is 25.7 Å². The third-order valence-corrected chi connectivity index (χ3v) is 4.69. The molecule has 0 bridgehead atoms. The molecular weight excluding hydrogens is 302 g/mol. The first-order chi connectivity index (χ1) is 9.07. The molecule has 2 rings (SSSR count). The molecule has 1 fully saturated rings. The number of halogens is 1. The van der Waals surface area contributed by atoms with E-state index in [9.17, 15) is 0 Å². The number of nitrogens with zero attached hydrogens (tertiary/aromatic N) is 2. The van der Waals surface area contributed by atoms with E-state index in [0.29, 0.717) is 5.56 Å². The van der Waals surface area contributed by atoms with Crippen molar-refractivity contribution < 1.29 is 0 Å². The molecule has 0 heterocycles. The second-order valence-corrected chi connectivity index (χ2v) is 6.40. The van der Waals surface area contributed by atoms with E-state index in [2.05, 4.69) is 46.3 Å². The highest BCUT2D eigenvalue weighted by atomic mass is 79.9. The molecule has 1 aliphatic rings. The molecule has 1 saturated carbocycles. The summed E-state index contributed by atoms with van der Waals surface area (Å²) in [7, 11) is 4.30. The summed E-state index contributed by atoms with van der Waals surface area (Å²) in [4.78, 5) is 2.33. The predicted octanol–water partition coefficient (Wildman–Crippen LogP) is 3.61. The van der Waals surface area contributed by atoms with Crippen molar-refractivity contribution in [3.8, 4) is 6.07 Å². The lowest BCUT2D eigenvalue weighted by Gasteiger charge is -2.37. The number of hydrogen-bond donors (Lipinski definition) is 1. The molecule has 1 N–H and O–H groups in total. The summed E-state index contributed by atoms with van der Waals surface area (Å²) < 4.78 is 0.999. The van der Waals surface area contributed by atoms with Crippen molar-refractivity contribution in [3.63, 3.8) is 0 Å². The third-order valence-electron chi connectivity index (χ3n) is 4.19. The Balaban J connectivity index is 2.14. The molecule has 19 heavy (non-hydrogen) atoms. The number of nitriles is 1. The van der Waals surface area contributed by atoms with Crippen LogP contribution in [0.1, 0.15) is 31.2 Å². The van der Waals surface area contributed by atoms with Gasteiger partial charge >= 0.3 is 0 Å². The summed E-state index contributed by atoms with van der Waals surface area (Å²) in [6.45, 7) is 0.894. The van der Waals surface area contributed by atoms with Gasteiger partial charge in [-0.2, -0.15) is 5.26 Å². The summed E-state index contributed by atoms with van der Waals surface area (Å²) in [5.41, 5.74) is 1.86. The zero-order valence-electron chi connectivity index (χ0n) is 11.5. The molecule has 0 aliphatic heterocycles. The summed E-state index contributed by atoms with van der Waals surface area (Å²) >= 11 is 3.46. The molecule has 0 aromatic heterocycles. The second-order valence-electron chi connectivity index (χ2n) is 5.48. The van der Waals surface area contributed by atoms with Crippen LogP contribution >= 0.6 is 15.9 Å². The van der Waals surface area contributed by atoms with Crippen molar-refractivity contribution in [2.75, 3.05) is 26.0 Å². The number of anilines is 1. The number of hydrogen-bond acceptors (Lipinski definition) is 3. The molecule has 0 atom stereocenters. The maximum Gasteiger partial charge on any atom is 0.101 e. The fourth-order valence-corrected chi connectivity index (χ4v) is 3.20. The van der Waals surface area contributed by atoms with E-state index in [0.717, 1.165) is 16.7 Å². The first-order valence-electron chi connectivity index (χ1n) is 6.68. The Bertz CT molecular complexity index is 485. The van der Waals surface area contributed by atoms with Crippen LogP contribution in [0.2, 0.25) is 0 Å². The number of rotatable bonds is 4. The van der Waals surface area contributed by atoms with Crippen LogP contribution in [0.5, 0.6) is 0 Å². The zero-order chi connectivity index (χ0) is 13.9. The van der Waals surface area contributed by atoms with Crippen molar-refractivity contribution in [2.45, 2.75) is 31.2 Å². The molecule has 0 amide bonds. The van der Waals surface area contributed by atoms with E-state index in [1.54, 1.807) is 0 Å². The van der Waals surface area contributed by atoms with Gasteiger partial charge in [0, 0.05) is 16.6 Å². The van der Waals surface area contributed by atoms with Crippen LogP contribution in [0.4, 0.5) is 5.69 Å². The maximum atomic E-state index is 9.16. The van der Waals surface area contributed by atoms with Crippen LogP contribution in [0.25, 0.3) is 0 Å². The van der Waals surface area contributed by atoms with Crippen LogP contribution in [-0.4, -0.2) is 31.1 Å². The summed E-state index contributed by atoms with van der Waals surface area (Å²) in [6, 6.07) is 7.98. The molecule has 0 saturated heterocycles. The fraction of sp³-hybridized carbons (Fsp3) is 0.533. The van der Waals surface area contributed by atoms with Crippen LogP contribution < -0.4 is 5.32 Å². The molecule has 3 nitrogen and oxygen atoms in total. The smallest absolute Gasteiger partial charge is 0.101 e. The van der Waals surface area contributed by atoms with Crippen molar-refractivity contribution in [3.05, 3.63) is 28.2 Å². The molecule has 1 aliphatic carbocycles. The quantitative estimate of drug-likeness (QED) is 0.920. The standard InChI is InChI=1S/C15H20BrN3/c1-19(2)15(7-3-4-8-15)11-18-14-9-13(16)6-5-12(14)10-17/h5-6,9,18H,3-4,7-8,11H2,1-2H3. The van der Waals surface area contributed by atoms with Crippen molar-refractivity contribution >= 4 is 21.6 Å². The van der Waals surface area contributed by atoms with E-state index < -0.39 is 0 Å². The van der Waals surface area contributed by atoms with Gasteiger partial charge in [0.05, 0.1) is 11.3 Å². The molecule has 0 unspecified atom stereocenters. The lowest BCUT2D eigenvalue weighted by molar-refractivity contribution is 0.172. The molecule has 4 heteroatoms. The van der Waals surface area contributed by atoms with Gasteiger partial charge in [-0.3, -0.25) is 0 Å². The molecule has 102 valence electrons. The lowest BCUT2D eigenvalue weighted by Crippen LogP contribution is -2.47. The highest BCUT2D eigenvalue weighted by Gasteiger charge is 2.35. The molecule has 1 aromatic carbocycles. The molecule has 0 radical (unpaired) electrons. The average Bonchev–Trinajstić information content (AvgIpc) is 2.86. The third kappa shape index (κ3) is 3.10. The topological polar surface area (TPSA) is 39.1 Å². The normalized spacial score (nSPS) is 17.4. The zero-order valence-corrected chi connectivity index (χ0v) is 13.1. The first-order valence-corrected chi connectivity index (χ1v) is 7.48. The summed E-state index contributed by atoms with van der Waals surface area (Å²) in [6.07, 6.45) is 5.04. The Morgan fingerprint density at radius 1 is 1.37 bits per heavy atom.